The van der Waals surface area contributed by atoms with E-state index in [0.29, 0.717) is 32.4 Å². The number of rotatable bonds is 5. The maximum Gasteiger partial charge on any atom is 0.308 e. The Kier molecular flexibility index (Phi) is 5.83. The molecular formula is C17H21ClN2O4. The van der Waals surface area contributed by atoms with E-state index >= 15 is 0 Å². The summed E-state index contributed by atoms with van der Waals surface area (Å²) in [7, 11) is 0. The van der Waals surface area contributed by atoms with Crippen LogP contribution in [0.5, 0.6) is 0 Å². The lowest BCUT2D eigenvalue weighted by Gasteiger charge is -2.15. The number of benzene rings is 1. The molecule has 2 aliphatic heterocycles. The summed E-state index contributed by atoms with van der Waals surface area (Å²) in [6.45, 7) is 0.878. The number of anilines is 1. The number of hydrogen-bond donors (Lipinski definition) is 2. The Morgan fingerprint density at radius 3 is 2.83 bits per heavy atom. The number of carbonyl (C=O) groups is 3. The van der Waals surface area contributed by atoms with Crippen molar-refractivity contribution in [2.24, 2.45) is 5.92 Å². The average molecular weight is 353 g/mol. The van der Waals surface area contributed by atoms with Crippen LogP contribution < -0.4 is 5.32 Å². The number of likely N-dealkylation sites (tertiary alicyclic amines) is 1. The molecule has 3 rings (SSSR count). The van der Waals surface area contributed by atoms with Crippen molar-refractivity contribution in [2.75, 3.05) is 18.4 Å². The number of aliphatic carboxylic acids is 1. The first-order valence-corrected chi connectivity index (χ1v) is 7.95. The Hall–Kier alpha value is -2.08. The van der Waals surface area contributed by atoms with Gasteiger partial charge in [-0.15, -0.1) is 12.4 Å². The highest BCUT2D eigenvalue weighted by Crippen LogP contribution is 2.24. The molecule has 2 N–H and O–H groups in total. The van der Waals surface area contributed by atoms with Crippen LogP contribution in [0.25, 0.3) is 0 Å². The summed E-state index contributed by atoms with van der Waals surface area (Å²) < 4.78 is 0. The minimum atomic E-state index is -0.818. The molecule has 7 heteroatoms. The highest BCUT2D eigenvalue weighted by molar-refractivity contribution is 5.99. The van der Waals surface area contributed by atoms with Gasteiger partial charge in [-0.1, -0.05) is 12.1 Å². The van der Waals surface area contributed by atoms with E-state index in [1.54, 1.807) is 4.90 Å². The largest absolute Gasteiger partial charge is 0.481 e. The zero-order valence-corrected chi connectivity index (χ0v) is 14.1. The van der Waals surface area contributed by atoms with E-state index in [4.69, 9.17) is 5.11 Å². The third kappa shape index (κ3) is 4.06. The molecule has 0 radical (unpaired) electrons. The Bertz CT molecular complexity index is 662. The van der Waals surface area contributed by atoms with Crippen molar-refractivity contribution in [3.8, 4) is 0 Å². The minimum absolute atomic E-state index is 0. The second-order valence-corrected chi connectivity index (χ2v) is 6.23. The van der Waals surface area contributed by atoms with E-state index in [2.05, 4.69) is 5.32 Å². The number of carboxylic acids is 1. The molecule has 1 saturated heterocycles. The predicted octanol–water partition coefficient (Wildman–Crippen LogP) is 1.86. The molecule has 1 aromatic carbocycles. The molecule has 1 atom stereocenters. The molecule has 0 aromatic heterocycles. The van der Waals surface area contributed by atoms with E-state index in [1.807, 2.05) is 18.2 Å². The molecule has 2 heterocycles. The van der Waals surface area contributed by atoms with Crippen molar-refractivity contribution < 1.29 is 19.5 Å². The van der Waals surface area contributed by atoms with E-state index in [-0.39, 0.29) is 24.2 Å². The van der Waals surface area contributed by atoms with Crippen LogP contribution in [0.1, 0.15) is 30.4 Å². The number of hydrogen-bond acceptors (Lipinski definition) is 3. The molecule has 0 bridgehead atoms. The number of amides is 2. The number of nitrogens with one attached hydrogen (secondary N) is 1. The molecule has 0 spiro atoms. The monoisotopic (exact) mass is 352 g/mol. The van der Waals surface area contributed by atoms with Crippen LogP contribution in [0.2, 0.25) is 0 Å². The standard InChI is InChI=1S/C17H20N2O4.ClH/c20-15-9-13-8-11(4-5-14(13)18-15)2-1-3-16(21)19-7-6-12(10-19)17(22)23;/h4-5,8,12H,1-3,6-7,9-10H2,(H,18,20)(H,22,23);1H. The molecule has 6 nitrogen and oxygen atoms in total. The molecule has 0 saturated carbocycles. The molecule has 2 amide bonds. The second-order valence-electron chi connectivity index (χ2n) is 6.23. The quantitative estimate of drug-likeness (QED) is 0.846. The van der Waals surface area contributed by atoms with Crippen molar-refractivity contribution in [1.29, 1.82) is 0 Å². The molecule has 2 aliphatic rings. The number of fused-ring (bicyclic) bond motifs is 1. The number of carbonyl (C=O) groups excluding carboxylic acids is 2. The third-order valence-electron chi connectivity index (χ3n) is 4.54. The molecule has 0 aliphatic carbocycles. The molecular weight excluding hydrogens is 332 g/mol. The van der Waals surface area contributed by atoms with Gasteiger partial charge in [0.2, 0.25) is 11.8 Å². The number of halogens is 1. The Balaban J connectivity index is 0.00000208. The lowest BCUT2D eigenvalue weighted by atomic mass is 10.0. The predicted molar refractivity (Wildman–Crippen MR) is 91.3 cm³/mol. The van der Waals surface area contributed by atoms with Gasteiger partial charge in [0, 0.05) is 25.2 Å². The summed E-state index contributed by atoms with van der Waals surface area (Å²) >= 11 is 0. The Labute approximate surface area is 146 Å². The Morgan fingerprint density at radius 2 is 2.12 bits per heavy atom. The molecule has 130 valence electrons. The van der Waals surface area contributed by atoms with Crippen molar-refractivity contribution in [3.63, 3.8) is 0 Å². The van der Waals surface area contributed by atoms with Gasteiger partial charge < -0.3 is 15.3 Å². The minimum Gasteiger partial charge on any atom is -0.481 e. The normalized spacial score (nSPS) is 18.8. The van der Waals surface area contributed by atoms with Gasteiger partial charge in [-0.25, -0.2) is 0 Å². The maximum atomic E-state index is 12.1. The number of nitrogens with zero attached hydrogens (tertiary/aromatic N) is 1. The first-order chi connectivity index (χ1) is 11.0. The second kappa shape index (κ2) is 7.66. The summed E-state index contributed by atoms with van der Waals surface area (Å²) in [6, 6.07) is 5.91. The Morgan fingerprint density at radius 1 is 1.33 bits per heavy atom. The summed E-state index contributed by atoms with van der Waals surface area (Å²) in [5, 5.41) is 11.8. The fraction of sp³-hybridized carbons (Fsp3) is 0.471. The number of aryl methyl sites for hydroxylation is 1. The first-order valence-electron chi connectivity index (χ1n) is 7.95. The summed E-state index contributed by atoms with van der Waals surface area (Å²) in [5.74, 6) is -1.18. The van der Waals surface area contributed by atoms with Gasteiger partial charge in [-0.2, -0.15) is 0 Å². The lowest BCUT2D eigenvalue weighted by Crippen LogP contribution is -2.29. The lowest BCUT2D eigenvalue weighted by molar-refractivity contribution is -0.141. The molecule has 1 fully saturated rings. The summed E-state index contributed by atoms with van der Waals surface area (Å²) in [5.41, 5.74) is 3.02. The fourth-order valence-corrected chi connectivity index (χ4v) is 3.23. The van der Waals surface area contributed by atoms with Crippen molar-refractivity contribution in [3.05, 3.63) is 29.3 Å². The highest BCUT2D eigenvalue weighted by atomic mass is 35.5. The number of carboxylic acid groups (broad SMARTS) is 1. The zero-order valence-electron chi connectivity index (χ0n) is 13.3. The van der Waals surface area contributed by atoms with Gasteiger partial charge in [0.25, 0.3) is 0 Å². The highest BCUT2D eigenvalue weighted by Gasteiger charge is 2.30. The van der Waals surface area contributed by atoms with Crippen molar-refractivity contribution >= 4 is 35.9 Å². The molecule has 1 unspecified atom stereocenters. The van der Waals surface area contributed by atoms with E-state index < -0.39 is 11.9 Å². The van der Waals surface area contributed by atoms with Crippen LogP contribution in [0, 0.1) is 5.92 Å². The van der Waals surface area contributed by atoms with Gasteiger partial charge in [-0.05, 0) is 36.5 Å². The van der Waals surface area contributed by atoms with Gasteiger partial charge in [0.1, 0.15) is 0 Å². The van der Waals surface area contributed by atoms with Crippen LogP contribution >= 0.6 is 12.4 Å². The summed E-state index contributed by atoms with van der Waals surface area (Å²) in [4.78, 5) is 36.0. The van der Waals surface area contributed by atoms with Crippen molar-refractivity contribution in [1.82, 2.24) is 4.90 Å². The fourth-order valence-electron chi connectivity index (χ4n) is 3.23. The average Bonchev–Trinajstić information content (AvgIpc) is 3.12. The van der Waals surface area contributed by atoms with Gasteiger partial charge in [-0.3, -0.25) is 14.4 Å². The molecule has 24 heavy (non-hydrogen) atoms. The smallest absolute Gasteiger partial charge is 0.308 e. The van der Waals surface area contributed by atoms with E-state index in [0.717, 1.165) is 29.7 Å². The van der Waals surface area contributed by atoms with Crippen LogP contribution in [-0.4, -0.2) is 40.9 Å². The zero-order chi connectivity index (χ0) is 16.4. The van der Waals surface area contributed by atoms with Gasteiger partial charge >= 0.3 is 5.97 Å². The van der Waals surface area contributed by atoms with Crippen LogP contribution in [0.4, 0.5) is 5.69 Å². The van der Waals surface area contributed by atoms with E-state index in [1.165, 1.54) is 0 Å². The maximum absolute atomic E-state index is 12.1. The topological polar surface area (TPSA) is 86.7 Å². The van der Waals surface area contributed by atoms with Crippen LogP contribution in [0.3, 0.4) is 0 Å². The van der Waals surface area contributed by atoms with Gasteiger partial charge in [0.05, 0.1) is 12.3 Å². The van der Waals surface area contributed by atoms with E-state index in [9.17, 15) is 14.4 Å². The molecule has 1 aromatic rings. The van der Waals surface area contributed by atoms with Crippen LogP contribution in [-0.2, 0) is 27.2 Å². The van der Waals surface area contributed by atoms with Gasteiger partial charge in [0.15, 0.2) is 0 Å². The SMILES string of the molecule is Cl.O=C1Cc2cc(CCCC(=O)N3CCC(C(=O)O)C3)ccc2N1. The van der Waals surface area contributed by atoms with Crippen molar-refractivity contribution in [2.45, 2.75) is 32.1 Å². The van der Waals surface area contributed by atoms with Crippen LogP contribution in [0.15, 0.2) is 18.2 Å². The third-order valence-corrected chi connectivity index (χ3v) is 4.54. The first kappa shape index (κ1) is 18.3. The summed E-state index contributed by atoms with van der Waals surface area (Å²) in [6.07, 6.45) is 2.91.